The highest BCUT2D eigenvalue weighted by Gasteiger charge is 2.17. The van der Waals surface area contributed by atoms with Gasteiger partial charge in [-0.25, -0.2) is 4.98 Å². The highest BCUT2D eigenvalue weighted by molar-refractivity contribution is 8.00. The third-order valence-electron chi connectivity index (χ3n) is 4.14. The zero-order valence-electron chi connectivity index (χ0n) is 15.1. The molecular weight excluding hydrogens is 372 g/mol. The van der Waals surface area contributed by atoms with Crippen molar-refractivity contribution < 1.29 is 4.79 Å². The van der Waals surface area contributed by atoms with Crippen LogP contribution in [0.5, 0.6) is 0 Å². The SMILES string of the molecule is CCCCC(=O)CSc1nc(-c2cccs2)cc(-c2ccccc2)c1C#N. The largest absolute Gasteiger partial charge is 0.299 e. The van der Waals surface area contributed by atoms with E-state index in [9.17, 15) is 10.1 Å². The fraction of sp³-hybridized carbons (Fsp3) is 0.227. The Morgan fingerprint density at radius 1 is 1.22 bits per heavy atom. The first-order valence-electron chi connectivity index (χ1n) is 8.92. The molecule has 0 N–H and O–H groups in total. The first kappa shape index (κ1) is 19.3. The average molecular weight is 393 g/mol. The minimum Gasteiger partial charge on any atom is -0.299 e. The molecule has 0 radical (unpaired) electrons. The van der Waals surface area contributed by atoms with E-state index in [0.29, 0.717) is 22.8 Å². The van der Waals surface area contributed by atoms with E-state index in [2.05, 4.69) is 13.0 Å². The second-order valence-electron chi connectivity index (χ2n) is 6.12. The van der Waals surface area contributed by atoms with Gasteiger partial charge in [0, 0.05) is 12.0 Å². The summed E-state index contributed by atoms with van der Waals surface area (Å²) in [6.07, 6.45) is 2.49. The molecule has 0 aliphatic carbocycles. The molecule has 0 spiro atoms. The fourth-order valence-corrected chi connectivity index (χ4v) is 4.32. The standard InChI is InChI=1S/C22H20N2OS2/c1-2-3-10-17(25)15-27-22-19(14-23)18(16-8-5-4-6-9-16)13-20(24-22)21-11-7-12-26-21/h4-9,11-13H,2-3,10,15H2,1H3. The van der Waals surface area contributed by atoms with E-state index in [1.54, 1.807) is 11.3 Å². The third kappa shape index (κ3) is 4.85. The topological polar surface area (TPSA) is 53.8 Å². The highest BCUT2D eigenvalue weighted by atomic mass is 32.2. The van der Waals surface area contributed by atoms with Gasteiger partial charge in [0.15, 0.2) is 0 Å². The van der Waals surface area contributed by atoms with Crippen molar-refractivity contribution in [1.29, 1.82) is 5.26 Å². The van der Waals surface area contributed by atoms with Crippen LogP contribution in [0.1, 0.15) is 31.7 Å². The van der Waals surface area contributed by atoms with Crippen molar-refractivity contribution in [3.63, 3.8) is 0 Å². The van der Waals surface area contributed by atoms with Crippen molar-refractivity contribution >= 4 is 28.9 Å². The zero-order valence-corrected chi connectivity index (χ0v) is 16.8. The molecule has 0 saturated carbocycles. The Balaban J connectivity index is 2.01. The average Bonchev–Trinajstić information content (AvgIpc) is 3.25. The summed E-state index contributed by atoms with van der Waals surface area (Å²) < 4.78 is 0. The molecule has 0 aliphatic rings. The molecule has 0 unspecified atom stereocenters. The molecule has 3 nitrogen and oxygen atoms in total. The van der Waals surface area contributed by atoms with Gasteiger partial charge in [0.05, 0.1) is 21.9 Å². The lowest BCUT2D eigenvalue weighted by Gasteiger charge is -2.11. The Labute approximate surface area is 168 Å². The number of carbonyl (C=O) groups is 1. The molecule has 2 heterocycles. The molecule has 5 heteroatoms. The molecule has 3 aromatic rings. The normalized spacial score (nSPS) is 10.5. The van der Waals surface area contributed by atoms with E-state index in [1.165, 1.54) is 11.8 Å². The molecule has 3 rings (SSSR count). The first-order valence-corrected chi connectivity index (χ1v) is 10.8. The summed E-state index contributed by atoms with van der Waals surface area (Å²) in [5, 5.41) is 12.4. The van der Waals surface area contributed by atoms with Gasteiger partial charge in [0.1, 0.15) is 16.9 Å². The second kappa shape index (κ2) is 9.50. The van der Waals surface area contributed by atoms with Crippen LogP contribution >= 0.6 is 23.1 Å². The predicted molar refractivity (Wildman–Crippen MR) is 113 cm³/mol. The molecule has 0 amide bonds. The molecule has 0 atom stereocenters. The summed E-state index contributed by atoms with van der Waals surface area (Å²) in [5.74, 6) is 0.555. The molecular formula is C22H20N2OS2. The van der Waals surface area contributed by atoms with Crippen LogP contribution in [0.4, 0.5) is 0 Å². The number of hydrogen-bond donors (Lipinski definition) is 0. The summed E-state index contributed by atoms with van der Waals surface area (Å²) in [4.78, 5) is 17.9. The number of thioether (sulfide) groups is 1. The quantitative estimate of drug-likeness (QED) is 0.428. The van der Waals surface area contributed by atoms with Gasteiger partial charge in [-0.05, 0) is 29.5 Å². The molecule has 2 aromatic heterocycles. The zero-order chi connectivity index (χ0) is 19.1. The number of thiophene rings is 1. The van der Waals surface area contributed by atoms with Gasteiger partial charge in [-0.3, -0.25) is 4.79 Å². The molecule has 0 fully saturated rings. The van der Waals surface area contributed by atoms with E-state index >= 15 is 0 Å². The van der Waals surface area contributed by atoms with Gasteiger partial charge in [0.2, 0.25) is 0 Å². The van der Waals surface area contributed by atoms with Crippen LogP contribution in [-0.2, 0) is 4.79 Å². The summed E-state index contributed by atoms with van der Waals surface area (Å²) in [5.41, 5.74) is 3.22. The molecule has 136 valence electrons. The Hall–Kier alpha value is -2.42. The number of carbonyl (C=O) groups excluding carboxylic acids is 1. The molecule has 0 saturated heterocycles. The maximum atomic E-state index is 12.1. The van der Waals surface area contributed by atoms with E-state index in [1.807, 2.05) is 53.9 Å². The number of rotatable bonds is 8. The van der Waals surface area contributed by atoms with Crippen LogP contribution < -0.4 is 0 Å². The van der Waals surface area contributed by atoms with Crippen molar-refractivity contribution in [3.05, 3.63) is 59.5 Å². The van der Waals surface area contributed by atoms with Gasteiger partial charge in [0.25, 0.3) is 0 Å². The predicted octanol–water partition coefficient (Wildman–Crippen LogP) is 6.20. The number of nitriles is 1. The molecule has 1 aromatic carbocycles. The van der Waals surface area contributed by atoms with Crippen LogP contribution in [0.2, 0.25) is 0 Å². The Morgan fingerprint density at radius 2 is 2.04 bits per heavy atom. The van der Waals surface area contributed by atoms with E-state index in [4.69, 9.17) is 4.98 Å². The number of unbranched alkanes of at least 4 members (excludes halogenated alkanes) is 1. The van der Waals surface area contributed by atoms with Crippen molar-refractivity contribution in [2.24, 2.45) is 0 Å². The highest BCUT2D eigenvalue weighted by Crippen LogP contribution is 2.35. The maximum absolute atomic E-state index is 12.1. The third-order valence-corrected chi connectivity index (χ3v) is 6.06. The Bertz CT molecular complexity index is 944. The Kier molecular flexibility index (Phi) is 6.80. The number of aromatic nitrogens is 1. The number of hydrogen-bond acceptors (Lipinski definition) is 5. The lowest BCUT2D eigenvalue weighted by atomic mass is 10.0. The van der Waals surface area contributed by atoms with Crippen LogP contribution in [0.15, 0.2) is 58.9 Å². The fourth-order valence-electron chi connectivity index (χ4n) is 2.73. The smallest absolute Gasteiger partial charge is 0.143 e. The van der Waals surface area contributed by atoms with Crippen LogP contribution in [0.25, 0.3) is 21.7 Å². The van der Waals surface area contributed by atoms with Crippen molar-refractivity contribution in [3.8, 4) is 27.8 Å². The number of ketones is 1. The van der Waals surface area contributed by atoms with Gasteiger partial charge in [-0.2, -0.15) is 5.26 Å². The molecule has 27 heavy (non-hydrogen) atoms. The summed E-state index contributed by atoms with van der Waals surface area (Å²) in [6.45, 7) is 2.08. The second-order valence-corrected chi connectivity index (χ2v) is 8.03. The molecule has 0 aliphatic heterocycles. The number of pyridine rings is 1. The number of nitrogens with zero attached hydrogens (tertiary/aromatic N) is 2. The van der Waals surface area contributed by atoms with Crippen molar-refractivity contribution in [1.82, 2.24) is 4.98 Å². The maximum Gasteiger partial charge on any atom is 0.143 e. The van der Waals surface area contributed by atoms with Crippen LogP contribution in [0, 0.1) is 11.3 Å². The molecule has 0 bridgehead atoms. The Morgan fingerprint density at radius 3 is 2.70 bits per heavy atom. The van der Waals surface area contributed by atoms with Gasteiger partial charge < -0.3 is 0 Å². The van der Waals surface area contributed by atoms with Crippen LogP contribution in [0.3, 0.4) is 0 Å². The van der Waals surface area contributed by atoms with E-state index in [0.717, 1.165) is 34.5 Å². The number of Topliss-reactive ketones (excluding diaryl/α,β-unsaturated/α-hetero) is 1. The number of benzene rings is 1. The first-order chi connectivity index (χ1) is 13.2. The summed E-state index contributed by atoms with van der Waals surface area (Å²) in [6, 6.07) is 18.2. The van der Waals surface area contributed by atoms with Crippen molar-refractivity contribution in [2.75, 3.05) is 5.75 Å². The van der Waals surface area contributed by atoms with E-state index in [-0.39, 0.29) is 5.78 Å². The lowest BCUT2D eigenvalue weighted by molar-refractivity contribution is -0.116. The van der Waals surface area contributed by atoms with Crippen LogP contribution in [-0.4, -0.2) is 16.5 Å². The summed E-state index contributed by atoms with van der Waals surface area (Å²) in [7, 11) is 0. The summed E-state index contributed by atoms with van der Waals surface area (Å²) >= 11 is 2.99. The van der Waals surface area contributed by atoms with E-state index < -0.39 is 0 Å². The van der Waals surface area contributed by atoms with Gasteiger partial charge in [-0.1, -0.05) is 61.5 Å². The minimum absolute atomic E-state index is 0.204. The van der Waals surface area contributed by atoms with Gasteiger partial charge in [-0.15, -0.1) is 11.3 Å². The minimum atomic E-state index is 0.204. The monoisotopic (exact) mass is 392 g/mol. The van der Waals surface area contributed by atoms with Crippen molar-refractivity contribution in [2.45, 2.75) is 31.2 Å². The lowest BCUT2D eigenvalue weighted by Crippen LogP contribution is -2.03. The van der Waals surface area contributed by atoms with Gasteiger partial charge >= 0.3 is 0 Å².